The largest absolute Gasteiger partial charge is 0.475 e. The van der Waals surface area contributed by atoms with E-state index in [0.29, 0.717) is 0 Å². The summed E-state index contributed by atoms with van der Waals surface area (Å²) in [6.45, 7) is 1.18. The van der Waals surface area contributed by atoms with Crippen LogP contribution in [0.2, 0.25) is 0 Å². The lowest BCUT2D eigenvalue weighted by atomic mass is 9.98. The van der Waals surface area contributed by atoms with Crippen molar-refractivity contribution < 1.29 is 29.0 Å². The minimum Gasteiger partial charge on any atom is -0.475 e. The number of aliphatic carboxylic acids is 1. The molecule has 0 radical (unpaired) electrons. The second-order valence-electron chi connectivity index (χ2n) is 4.15. The Kier molecular flexibility index (Phi) is 5.47. The average molecular weight is 287 g/mol. The number of carboxylic acid groups (broad SMARTS) is 1. The molecule has 3 atom stereocenters. The Morgan fingerprint density at radius 1 is 1.50 bits per heavy atom. The van der Waals surface area contributed by atoms with Gasteiger partial charge in [0.2, 0.25) is 11.7 Å². The van der Waals surface area contributed by atoms with Gasteiger partial charge in [-0.1, -0.05) is 0 Å². The van der Waals surface area contributed by atoms with Crippen molar-refractivity contribution in [2.24, 2.45) is 5.73 Å². The molecule has 1 heterocycles. The Morgan fingerprint density at radius 2 is 2.15 bits per heavy atom. The standard InChI is InChI=1S/C11H17N3O6/c1-5(15)14-8-6(12)3-7(11(17)18)20-9(8)10(16)13-4-19-2/h3,6,8-9H,4,12H2,1-2H3,(H,13,16)(H,14,15)(H,17,18)/t6-,8+,9+/m0/s1. The smallest absolute Gasteiger partial charge is 0.370 e. The van der Waals surface area contributed by atoms with Gasteiger partial charge in [-0.2, -0.15) is 0 Å². The molecule has 5 N–H and O–H groups in total. The number of carbonyl (C=O) groups is 3. The Balaban J connectivity index is 2.95. The number of ether oxygens (including phenoxy) is 2. The number of amides is 2. The predicted molar refractivity (Wildman–Crippen MR) is 66.2 cm³/mol. The molecule has 0 aliphatic carbocycles. The monoisotopic (exact) mass is 287 g/mol. The van der Waals surface area contributed by atoms with Gasteiger partial charge in [0, 0.05) is 14.0 Å². The van der Waals surface area contributed by atoms with E-state index in [2.05, 4.69) is 15.4 Å². The van der Waals surface area contributed by atoms with Gasteiger partial charge in [-0.05, 0) is 6.08 Å². The minimum atomic E-state index is -1.34. The number of methoxy groups -OCH3 is 1. The van der Waals surface area contributed by atoms with Crippen molar-refractivity contribution >= 4 is 17.8 Å². The zero-order chi connectivity index (χ0) is 15.3. The van der Waals surface area contributed by atoms with Gasteiger partial charge in [0.25, 0.3) is 5.91 Å². The molecule has 0 bridgehead atoms. The molecule has 0 fully saturated rings. The van der Waals surface area contributed by atoms with Gasteiger partial charge in [0.05, 0.1) is 12.1 Å². The second kappa shape index (κ2) is 6.87. The first-order chi connectivity index (χ1) is 9.36. The summed E-state index contributed by atoms with van der Waals surface area (Å²) in [5.74, 6) is -2.82. The third-order valence-electron chi connectivity index (χ3n) is 2.57. The van der Waals surface area contributed by atoms with Crippen LogP contribution in [-0.4, -0.2) is 54.9 Å². The summed E-state index contributed by atoms with van der Waals surface area (Å²) < 4.78 is 9.77. The van der Waals surface area contributed by atoms with Gasteiger partial charge in [-0.15, -0.1) is 0 Å². The molecule has 9 heteroatoms. The van der Waals surface area contributed by atoms with E-state index in [0.717, 1.165) is 6.08 Å². The molecule has 0 aromatic rings. The molecule has 0 saturated carbocycles. The first kappa shape index (κ1) is 15.9. The maximum Gasteiger partial charge on any atom is 0.370 e. The molecule has 0 unspecified atom stereocenters. The Hall–Kier alpha value is -2.13. The normalized spacial score (nSPS) is 25.1. The van der Waals surface area contributed by atoms with Gasteiger partial charge in [0.15, 0.2) is 6.10 Å². The summed E-state index contributed by atoms with van der Waals surface area (Å²) in [7, 11) is 1.38. The molecule has 0 aromatic heterocycles. The Labute approximate surface area is 115 Å². The van der Waals surface area contributed by atoms with Gasteiger partial charge in [-0.3, -0.25) is 9.59 Å². The molecular weight excluding hydrogens is 270 g/mol. The molecule has 0 spiro atoms. The summed E-state index contributed by atoms with van der Waals surface area (Å²) in [5, 5.41) is 13.7. The first-order valence-corrected chi connectivity index (χ1v) is 5.78. The number of rotatable bonds is 5. The predicted octanol–water partition coefficient (Wildman–Crippen LogP) is -2.09. The Bertz CT molecular complexity index is 436. The molecule has 1 aliphatic heterocycles. The molecular formula is C11H17N3O6. The van der Waals surface area contributed by atoms with E-state index in [1.807, 2.05) is 0 Å². The highest BCUT2D eigenvalue weighted by molar-refractivity contribution is 5.88. The molecule has 0 saturated heterocycles. The van der Waals surface area contributed by atoms with Gasteiger partial charge < -0.3 is 30.9 Å². The molecule has 0 aromatic carbocycles. The van der Waals surface area contributed by atoms with Crippen LogP contribution in [0, 0.1) is 0 Å². The van der Waals surface area contributed by atoms with E-state index >= 15 is 0 Å². The molecule has 1 rings (SSSR count). The van der Waals surface area contributed by atoms with Crippen molar-refractivity contribution in [3.8, 4) is 0 Å². The third kappa shape index (κ3) is 3.93. The fourth-order valence-corrected chi connectivity index (χ4v) is 1.72. The SMILES string of the molecule is COCNC(=O)[C@@H]1OC(C(=O)O)=C[C@H](N)[C@H]1NC(C)=O. The molecule has 2 amide bonds. The summed E-state index contributed by atoms with van der Waals surface area (Å²) in [6, 6.07) is -1.73. The maximum atomic E-state index is 11.9. The highest BCUT2D eigenvalue weighted by Crippen LogP contribution is 2.18. The molecule has 112 valence electrons. The zero-order valence-electron chi connectivity index (χ0n) is 11.1. The van der Waals surface area contributed by atoms with Crippen molar-refractivity contribution in [1.82, 2.24) is 10.6 Å². The van der Waals surface area contributed by atoms with Crippen LogP contribution in [0.1, 0.15) is 6.92 Å². The van der Waals surface area contributed by atoms with Crippen LogP contribution in [0.5, 0.6) is 0 Å². The van der Waals surface area contributed by atoms with Crippen LogP contribution in [0.4, 0.5) is 0 Å². The maximum absolute atomic E-state index is 11.9. The molecule has 9 nitrogen and oxygen atoms in total. The van der Waals surface area contributed by atoms with Crippen LogP contribution >= 0.6 is 0 Å². The van der Waals surface area contributed by atoms with E-state index in [1.54, 1.807) is 0 Å². The van der Waals surface area contributed by atoms with Crippen LogP contribution < -0.4 is 16.4 Å². The summed E-state index contributed by atoms with van der Waals surface area (Å²) in [6.07, 6.45) is -0.108. The number of carbonyl (C=O) groups excluding carboxylic acids is 2. The van der Waals surface area contributed by atoms with Crippen molar-refractivity contribution in [2.45, 2.75) is 25.1 Å². The lowest BCUT2D eigenvalue weighted by molar-refractivity contribution is -0.144. The fourth-order valence-electron chi connectivity index (χ4n) is 1.72. The molecule has 1 aliphatic rings. The quantitative estimate of drug-likeness (QED) is 0.425. The van der Waals surface area contributed by atoms with Crippen molar-refractivity contribution in [1.29, 1.82) is 0 Å². The van der Waals surface area contributed by atoms with Gasteiger partial charge in [0.1, 0.15) is 6.73 Å². The van der Waals surface area contributed by atoms with E-state index in [-0.39, 0.29) is 6.73 Å². The van der Waals surface area contributed by atoms with E-state index in [4.69, 9.17) is 15.6 Å². The Morgan fingerprint density at radius 3 is 2.65 bits per heavy atom. The lowest BCUT2D eigenvalue weighted by Gasteiger charge is -2.34. The molecule has 20 heavy (non-hydrogen) atoms. The third-order valence-corrected chi connectivity index (χ3v) is 2.57. The van der Waals surface area contributed by atoms with Crippen molar-refractivity contribution in [2.75, 3.05) is 13.8 Å². The van der Waals surface area contributed by atoms with Gasteiger partial charge >= 0.3 is 5.97 Å². The summed E-state index contributed by atoms with van der Waals surface area (Å²) in [5.41, 5.74) is 5.77. The van der Waals surface area contributed by atoms with Crippen molar-refractivity contribution in [3.63, 3.8) is 0 Å². The van der Waals surface area contributed by atoms with Crippen LogP contribution in [-0.2, 0) is 23.9 Å². The number of carboxylic acids is 1. The average Bonchev–Trinajstić information content (AvgIpc) is 2.37. The first-order valence-electron chi connectivity index (χ1n) is 5.78. The fraction of sp³-hybridized carbons (Fsp3) is 0.545. The van der Waals surface area contributed by atoms with E-state index in [9.17, 15) is 14.4 Å². The summed E-state index contributed by atoms with van der Waals surface area (Å²) >= 11 is 0. The topological polar surface area (TPSA) is 140 Å². The van der Waals surface area contributed by atoms with Gasteiger partial charge in [-0.25, -0.2) is 4.79 Å². The summed E-state index contributed by atoms with van der Waals surface area (Å²) in [4.78, 5) is 34.0. The number of hydrogen-bond acceptors (Lipinski definition) is 6. The van der Waals surface area contributed by atoms with E-state index < -0.39 is 41.7 Å². The lowest BCUT2D eigenvalue weighted by Crippen LogP contribution is -2.61. The highest BCUT2D eigenvalue weighted by Gasteiger charge is 2.40. The zero-order valence-corrected chi connectivity index (χ0v) is 11.1. The number of hydrogen-bond donors (Lipinski definition) is 4. The number of nitrogens with two attached hydrogens (primary N) is 1. The van der Waals surface area contributed by atoms with Crippen LogP contribution in [0.25, 0.3) is 0 Å². The van der Waals surface area contributed by atoms with Crippen LogP contribution in [0.15, 0.2) is 11.8 Å². The number of nitrogens with one attached hydrogen (secondary N) is 2. The van der Waals surface area contributed by atoms with Crippen LogP contribution in [0.3, 0.4) is 0 Å². The van der Waals surface area contributed by atoms with E-state index in [1.165, 1.54) is 14.0 Å². The second-order valence-corrected chi connectivity index (χ2v) is 4.15. The minimum absolute atomic E-state index is 0.0765. The van der Waals surface area contributed by atoms with Crippen molar-refractivity contribution in [3.05, 3.63) is 11.8 Å². The highest BCUT2D eigenvalue weighted by atomic mass is 16.5.